The summed E-state index contributed by atoms with van der Waals surface area (Å²) in [5.41, 5.74) is 4.85. The molecular formula is C27H30N2O2. The lowest BCUT2D eigenvalue weighted by atomic mass is 9.96. The summed E-state index contributed by atoms with van der Waals surface area (Å²) < 4.78 is 5.62. The normalized spacial score (nSPS) is 16.5. The molecule has 3 aromatic rings. The number of nitrogens with one attached hydrogen (secondary N) is 1. The van der Waals surface area contributed by atoms with Crippen LogP contribution in [0.15, 0.2) is 72.8 Å². The average molecular weight is 415 g/mol. The molecule has 3 aromatic carbocycles. The molecule has 0 saturated carbocycles. The van der Waals surface area contributed by atoms with Gasteiger partial charge in [-0.2, -0.15) is 0 Å². The highest BCUT2D eigenvalue weighted by Crippen LogP contribution is 2.36. The number of carbonyl (C=O) groups excluding carboxylic acids is 1. The van der Waals surface area contributed by atoms with Gasteiger partial charge in [-0.1, -0.05) is 42.5 Å². The standard InChI is InChI=1S/C27H30N2O2/c1-19(2)29-16-15-23(18-29)25-17-24(13-14-26(25)31-3)28-27(30)22-11-9-21(10-12-22)20-7-5-4-6-8-20/h4-14,17,19,23H,15-16,18H2,1-3H3,(H,28,30). The lowest BCUT2D eigenvalue weighted by Crippen LogP contribution is -2.27. The van der Waals surface area contributed by atoms with E-state index in [1.807, 2.05) is 54.6 Å². The van der Waals surface area contributed by atoms with Crippen molar-refractivity contribution in [1.82, 2.24) is 4.90 Å². The average Bonchev–Trinajstić information content (AvgIpc) is 3.30. The van der Waals surface area contributed by atoms with Gasteiger partial charge in [-0.25, -0.2) is 0 Å². The zero-order valence-corrected chi connectivity index (χ0v) is 18.5. The minimum atomic E-state index is -0.106. The summed E-state index contributed by atoms with van der Waals surface area (Å²) in [6.07, 6.45) is 1.10. The molecule has 1 unspecified atom stereocenters. The van der Waals surface area contributed by atoms with E-state index >= 15 is 0 Å². The molecular weight excluding hydrogens is 384 g/mol. The second-order valence-corrected chi connectivity index (χ2v) is 8.43. The van der Waals surface area contributed by atoms with E-state index in [9.17, 15) is 4.79 Å². The molecule has 160 valence electrons. The van der Waals surface area contributed by atoms with Crippen LogP contribution in [0.5, 0.6) is 5.75 Å². The van der Waals surface area contributed by atoms with E-state index in [0.29, 0.717) is 17.5 Å². The van der Waals surface area contributed by atoms with Gasteiger partial charge in [0.25, 0.3) is 5.91 Å². The number of anilines is 1. The van der Waals surface area contributed by atoms with Crippen molar-refractivity contribution in [3.63, 3.8) is 0 Å². The van der Waals surface area contributed by atoms with Gasteiger partial charge >= 0.3 is 0 Å². The number of likely N-dealkylation sites (tertiary alicyclic amines) is 1. The first-order chi connectivity index (χ1) is 15.0. The second kappa shape index (κ2) is 9.36. The maximum atomic E-state index is 12.8. The van der Waals surface area contributed by atoms with Crippen molar-refractivity contribution in [3.8, 4) is 16.9 Å². The Morgan fingerprint density at radius 1 is 1.00 bits per heavy atom. The van der Waals surface area contributed by atoms with Gasteiger partial charge in [-0.3, -0.25) is 4.79 Å². The molecule has 4 rings (SSSR count). The van der Waals surface area contributed by atoms with Gasteiger partial charge in [0.15, 0.2) is 0 Å². The molecule has 4 nitrogen and oxygen atoms in total. The summed E-state index contributed by atoms with van der Waals surface area (Å²) in [6.45, 7) is 6.58. The van der Waals surface area contributed by atoms with E-state index in [1.54, 1.807) is 7.11 Å². The van der Waals surface area contributed by atoms with E-state index in [-0.39, 0.29) is 5.91 Å². The van der Waals surface area contributed by atoms with Crippen LogP contribution in [0.3, 0.4) is 0 Å². The molecule has 0 aromatic heterocycles. The fourth-order valence-electron chi connectivity index (χ4n) is 4.29. The Morgan fingerprint density at radius 3 is 2.35 bits per heavy atom. The Balaban J connectivity index is 1.49. The van der Waals surface area contributed by atoms with Crippen molar-refractivity contribution < 1.29 is 9.53 Å². The van der Waals surface area contributed by atoms with Crippen LogP contribution >= 0.6 is 0 Å². The van der Waals surface area contributed by atoms with E-state index in [0.717, 1.165) is 42.1 Å². The van der Waals surface area contributed by atoms with E-state index < -0.39 is 0 Å². The fourth-order valence-corrected chi connectivity index (χ4v) is 4.29. The van der Waals surface area contributed by atoms with Gasteiger partial charge in [-0.15, -0.1) is 0 Å². The first-order valence-corrected chi connectivity index (χ1v) is 10.9. The van der Waals surface area contributed by atoms with E-state index in [4.69, 9.17) is 4.74 Å². The van der Waals surface area contributed by atoms with Gasteiger partial charge in [0, 0.05) is 35.3 Å². The van der Waals surface area contributed by atoms with Gasteiger partial charge in [0.1, 0.15) is 5.75 Å². The number of hydrogen-bond donors (Lipinski definition) is 1. The maximum Gasteiger partial charge on any atom is 0.255 e. The number of amides is 1. The Labute approximate surface area is 184 Å². The molecule has 0 aliphatic carbocycles. The summed E-state index contributed by atoms with van der Waals surface area (Å²) >= 11 is 0. The van der Waals surface area contributed by atoms with Crippen LogP contribution in [0.4, 0.5) is 5.69 Å². The van der Waals surface area contributed by atoms with Crippen LogP contribution in [0.25, 0.3) is 11.1 Å². The highest BCUT2D eigenvalue weighted by molar-refractivity contribution is 6.04. The van der Waals surface area contributed by atoms with Crippen molar-refractivity contribution >= 4 is 11.6 Å². The third-order valence-electron chi connectivity index (χ3n) is 6.13. The third kappa shape index (κ3) is 4.80. The molecule has 31 heavy (non-hydrogen) atoms. The summed E-state index contributed by atoms with van der Waals surface area (Å²) in [5.74, 6) is 1.20. The number of nitrogens with zero attached hydrogens (tertiary/aromatic N) is 1. The summed E-state index contributed by atoms with van der Waals surface area (Å²) in [5, 5.41) is 3.06. The van der Waals surface area contributed by atoms with E-state index in [2.05, 4.69) is 42.3 Å². The second-order valence-electron chi connectivity index (χ2n) is 8.43. The Morgan fingerprint density at radius 2 is 1.71 bits per heavy atom. The van der Waals surface area contributed by atoms with Crippen LogP contribution < -0.4 is 10.1 Å². The number of carbonyl (C=O) groups is 1. The number of rotatable bonds is 6. The predicted molar refractivity (Wildman–Crippen MR) is 127 cm³/mol. The van der Waals surface area contributed by atoms with Gasteiger partial charge in [0.05, 0.1) is 7.11 Å². The highest BCUT2D eigenvalue weighted by atomic mass is 16.5. The summed E-state index contributed by atoms with van der Waals surface area (Å²) in [4.78, 5) is 15.3. The smallest absolute Gasteiger partial charge is 0.255 e. The molecule has 1 aliphatic rings. The molecule has 1 aliphatic heterocycles. The Hall–Kier alpha value is -3.11. The van der Waals surface area contributed by atoms with Crippen molar-refractivity contribution in [2.45, 2.75) is 32.2 Å². The lowest BCUT2D eigenvalue weighted by molar-refractivity contribution is 0.102. The fraction of sp³-hybridized carbons (Fsp3) is 0.296. The first-order valence-electron chi connectivity index (χ1n) is 10.9. The quantitative estimate of drug-likeness (QED) is 0.553. The molecule has 1 saturated heterocycles. The summed E-state index contributed by atoms with van der Waals surface area (Å²) in [6, 6.07) is 24.4. The van der Waals surface area contributed by atoms with E-state index in [1.165, 1.54) is 5.56 Å². The topological polar surface area (TPSA) is 41.6 Å². The zero-order chi connectivity index (χ0) is 21.8. The molecule has 0 spiro atoms. The molecule has 1 fully saturated rings. The number of ether oxygens (including phenoxy) is 1. The molecule has 4 heteroatoms. The number of methoxy groups -OCH3 is 1. The third-order valence-corrected chi connectivity index (χ3v) is 6.13. The predicted octanol–water partition coefficient (Wildman–Crippen LogP) is 5.81. The molecule has 1 amide bonds. The highest BCUT2D eigenvalue weighted by Gasteiger charge is 2.27. The van der Waals surface area contributed by atoms with Crippen LogP contribution in [-0.2, 0) is 0 Å². The van der Waals surface area contributed by atoms with Crippen molar-refractivity contribution in [2.24, 2.45) is 0 Å². The number of hydrogen-bond acceptors (Lipinski definition) is 3. The summed E-state index contributed by atoms with van der Waals surface area (Å²) in [7, 11) is 1.71. The van der Waals surface area contributed by atoms with Crippen LogP contribution in [0.2, 0.25) is 0 Å². The minimum Gasteiger partial charge on any atom is -0.496 e. The number of benzene rings is 3. The molecule has 1 heterocycles. The first kappa shape index (κ1) is 21.1. The zero-order valence-electron chi connectivity index (χ0n) is 18.5. The Kier molecular flexibility index (Phi) is 6.38. The van der Waals surface area contributed by atoms with Crippen LogP contribution in [0.1, 0.15) is 42.1 Å². The Bertz CT molecular complexity index is 1030. The molecule has 0 radical (unpaired) electrons. The molecule has 1 N–H and O–H groups in total. The van der Waals surface area contributed by atoms with Crippen molar-refractivity contribution in [3.05, 3.63) is 83.9 Å². The van der Waals surface area contributed by atoms with Crippen molar-refractivity contribution in [1.29, 1.82) is 0 Å². The van der Waals surface area contributed by atoms with Crippen molar-refractivity contribution in [2.75, 3.05) is 25.5 Å². The van der Waals surface area contributed by atoms with Gasteiger partial charge in [0.2, 0.25) is 0 Å². The SMILES string of the molecule is COc1ccc(NC(=O)c2ccc(-c3ccccc3)cc2)cc1C1CCN(C(C)C)C1. The lowest BCUT2D eigenvalue weighted by Gasteiger charge is -2.21. The minimum absolute atomic E-state index is 0.106. The monoisotopic (exact) mass is 414 g/mol. The van der Waals surface area contributed by atoms with Gasteiger partial charge in [-0.05, 0) is 68.3 Å². The molecule has 0 bridgehead atoms. The van der Waals surface area contributed by atoms with Gasteiger partial charge < -0.3 is 15.0 Å². The van der Waals surface area contributed by atoms with Crippen LogP contribution in [-0.4, -0.2) is 37.0 Å². The molecule has 1 atom stereocenters. The largest absolute Gasteiger partial charge is 0.496 e. The maximum absolute atomic E-state index is 12.8. The van der Waals surface area contributed by atoms with Crippen LogP contribution in [0, 0.1) is 0 Å².